The number of nitriles is 1. The van der Waals surface area contributed by atoms with Crippen LogP contribution >= 0.6 is 0 Å². The lowest BCUT2D eigenvalue weighted by atomic mass is 10.0. The minimum atomic E-state index is 0.314. The van der Waals surface area contributed by atoms with Crippen LogP contribution in [0.4, 0.5) is 0 Å². The fraction of sp³-hybridized carbons (Fsp3) is 0.348. The van der Waals surface area contributed by atoms with Crippen molar-refractivity contribution in [3.63, 3.8) is 0 Å². The number of rotatable bonds is 4. The van der Waals surface area contributed by atoms with Gasteiger partial charge in [0.1, 0.15) is 11.3 Å². The number of nitrogens with zero attached hydrogens (tertiary/aromatic N) is 2. The highest BCUT2D eigenvalue weighted by atomic mass is 16.3. The number of hydrogen-bond donors (Lipinski definition) is 0. The predicted octanol–water partition coefficient (Wildman–Crippen LogP) is 5.39. The third-order valence-electron chi connectivity index (χ3n) is 5.62. The van der Waals surface area contributed by atoms with Gasteiger partial charge < -0.3 is 4.42 Å². The summed E-state index contributed by atoms with van der Waals surface area (Å²) in [6, 6.07) is 18.3. The van der Waals surface area contributed by atoms with Crippen molar-refractivity contribution in [2.24, 2.45) is 0 Å². The quantitative estimate of drug-likeness (QED) is 0.637. The van der Waals surface area contributed by atoms with Gasteiger partial charge in [0, 0.05) is 23.9 Å². The zero-order valence-corrected chi connectivity index (χ0v) is 15.5. The van der Waals surface area contributed by atoms with Crippen LogP contribution < -0.4 is 0 Å². The highest BCUT2D eigenvalue weighted by Gasteiger charge is 2.31. The van der Waals surface area contributed by atoms with Crippen LogP contribution in [0.15, 0.2) is 52.9 Å². The Morgan fingerprint density at radius 1 is 1.08 bits per heavy atom. The molecule has 3 nitrogen and oxygen atoms in total. The van der Waals surface area contributed by atoms with E-state index >= 15 is 0 Å². The molecule has 26 heavy (non-hydrogen) atoms. The van der Waals surface area contributed by atoms with E-state index in [9.17, 15) is 0 Å². The van der Waals surface area contributed by atoms with Crippen LogP contribution in [0.3, 0.4) is 0 Å². The van der Waals surface area contributed by atoms with Crippen LogP contribution in [-0.4, -0.2) is 23.5 Å². The lowest BCUT2D eigenvalue weighted by molar-refractivity contribution is 0.174. The van der Waals surface area contributed by atoms with Gasteiger partial charge in [0.2, 0.25) is 0 Å². The van der Waals surface area contributed by atoms with E-state index < -0.39 is 0 Å². The molecule has 1 aliphatic heterocycles. The molecule has 1 saturated heterocycles. The van der Waals surface area contributed by atoms with E-state index in [0.717, 1.165) is 40.8 Å². The summed E-state index contributed by atoms with van der Waals surface area (Å²) in [7, 11) is 0. The van der Waals surface area contributed by atoms with E-state index in [1.54, 1.807) is 0 Å². The van der Waals surface area contributed by atoms with Gasteiger partial charge in [-0.25, -0.2) is 0 Å². The highest BCUT2D eigenvalue weighted by molar-refractivity contribution is 5.84. The minimum Gasteiger partial charge on any atom is -0.461 e. The van der Waals surface area contributed by atoms with Crippen molar-refractivity contribution >= 4 is 11.0 Å². The summed E-state index contributed by atoms with van der Waals surface area (Å²) in [6.45, 7) is 6.91. The maximum Gasteiger partial charge on any atom is 0.134 e. The van der Waals surface area contributed by atoms with Gasteiger partial charge in [0.15, 0.2) is 0 Å². The zero-order valence-electron chi connectivity index (χ0n) is 15.5. The van der Waals surface area contributed by atoms with Gasteiger partial charge in [-0.1, -0.05) is 18.2 Å². The third kappa shape index (κ3) is 3.25. The fourth-order valence-electron chi connectivity index (χ4n) is 3.96. The molecule has 0 bridgehead atoms. The average Bonchev–Trinajstić information content (AvgIpc) is 3.21. The first-order valence-electron chi connectivity index (χ1n) is 9.33. The van der Waals surface area contributed by atoms with Crippen molar-refractivity contribution < 1.29 is 4.42 Å². The number of fused-ring (bicyclic) bond motifs is 1. The molecule has 0 radical (unpaired) electrons. The van der Waals surface area contributed by atoms with E-state index in [1.807, 2.05) is 30.3 Å². The largest absolute Gasteiger partial charge is 0.461 e. The van der Waals surface area contributed by atoms with Gasteiger partial charge in [0.05, 0.1) is 11.6 Å². The molecular formula is C23H24N2O. The molecule has 3 heteroatoms. The lowest BCUT2D eigenvalue weighted by Gasteiger charge is -2.31. The molecule has 0 atom stereocenters. The van der Waals surface area contributed by atoms with E-state index in [2.05, 4.69) is 43.0 Å². The molecule has 0 aliphatic carbocycles. The van der Waals surface area contributed by atoms with Crippen molar-refractivity contribution in [3.8, 4) is 17.2 Å². The van der Waals surface area contributed by atoms with E-state index in [-0.39, 0.29) is 0 Å². The Kier molecular flexibility index (Phi) is 4.30. The van der Waals surface area contributed by atoms with Crippen molar-refractivity contribution in [1.29, 1.82) is 5.26 Å². The van der Waals surface area contributed by atoms with Crippen LogP contribution in [0.5, 0.6) is 0 Å². The maximum absolute atomic E-state index is 8.94. The minimum absolute atomic E-state index is 0.314. The molecule has 1 aliphatic rings. The lowest BCUT2D eigenvalue weighted by Crippen LogP contribution is -2.39. The first-order valence-corrected chi connectivity index (χ1v) is 9.33. The first-order chi connectivity index (χ1) is 12.5. The molecule has 2 aromatic carbocycles. The zero-order chi connectivity index (χ0) is 18.1. The number of furan rings is 1. The summed E-state index contributed by atoms with van der Waals surface area (Å²) in [5.41, 5.74) is 4.21. The monoisotopic (exact) mass is 344 g/mol. The molecule has 1 fully saturated rings. The van der Waals surface area contributed by atoms with Crippen LogP contribution in [0, 0.1) is 11.3 Å². The van der Waals surface area contributed by atoms with Gasteiger partial charge in [-0.05, 0) is 74.7 Å². The molecule has 4 rings (SSSR count). The molecule has 1 aromatic heterocycles. The summed E-state index contributed by atoms with van der Waals surface area (Å²) in [6.07, 6.45) is 3.52. The van der Waals surface area contributed by atoms with Crippen molar-refractivity contribution in [1.82, 2.24) is 4.90 Å². The molecule has 0 spiro atoms. The third-order valence-corrected chi connectivity index (χ3v) is 5.62. The van der Waals surface area contributed by atoms with E-state index in [0.29, 0.717) is 11.1 Å². The molecule has 0 saturated carbocycles. The summed E-state index contributed by atoms with van der Waals surface area (Å²) in [5.74, 6) is 1.06. The topological polar surface area (TPSA) is 40.2 Å². The van der Waals surface area contributed by atoms with Gasteiger partial charge in [-0.15, -0.1) is 0 Å². The molecule has 0 unspecified atom stereocenters. The molecule has 0 amide bonds. The van der Waals surface area contributed by atoms with Crippen molar-refractivity contribution in [3.05, 3.63) is 59.9 Å². The number of hydrogen-bond acceptors (Lipinski definition) is 3. The van der Waals surface area contributed by atoms with Crippen molar-refractivity contribution in [2.75, 3.05) is 13.1 Å². The predicted molar refractivity (Wildman–Crippen MR) is 105 cm³/mol. The Bertz CT molecular complexity index is 960. The van der Waals surface area contributed by atoms with Gasteiger partial charge in [0.25, 0.3) is 0 Å². The van der Waals surface area contributed by atoms with Gasteiger partial charge in [-0.2, -0.15) is 5.26 Å². The summed E-state index contributed by atoms with van der Waals surface area (Å²) < 4.78 is 6.05. The van der Waals surface area contributed by atoms with E-state index in [1.165, 1.54) is 19.4 Å². The molecule has 3 aromatic rings. The molecular weight excluding hydrogens is 320 g/mol. The Balaban J connectivity index is 1.53. The SMILES string of the molecule is CC1(C)CCCN1CCc1cc2cc(-c3ccc(C#N)cc3)ccc2o1. The highest BCUT2D eigenvalue weighted by Crippen LogP contribution is 2.30. The van der Waals surface area contributed by atoms with Crippen LogP contribution in [-0.2, 0) is 6.42 Å². The van der Waals surface area contributed by atoms with Gasteiger partial charge in [-0.3, -0.25) is 4.90 Å². The Morgan fingerprint density at radius 3 is 2.54 bits per heavy atom. The molecule has 0 N–H and O–H groups in total. The average molecular weight is 344 g/mol. The van der Waals surface area contributed by atoms with Crippen LogP contribution in [0.1, 0.15) is 38.0 Å². The second-order valence-electron chi connectivity index (χ2n) is 7.81. The Hall–Kier alpha value is -2.57. The van der Waals surface area contributed by atoms with Crippen LogP contribution in [0.2, 0.25) is 0 Å². The Morgan fingerprint density at radius 2 is 1.85 bits per heavy atom. The van der Waals surface area contributed by atoms with E-state index in [4.69, 9.17) is 9.68 Å². The van der Waals surface area contributed by atoms with Gasteiger partial charge >= 0.3 is 0 Å². The standard InChI is InChI=1S/C23H24N2O/c1-23(2)11-3-12-25(23)13-10-21-15-20-14-19(8-9-22(20)26-21)18-6-4-17(16-24)5-7-18/h4-9,14-15H,3,10-13H2,1-2H3. The molecule has 2 heterocycles. The number of benzene rings is 2. The molecule has 132 valence electrons. The maximum atomic E-state index is 8.94. The normalized spacial score (nSPS) is 16.8. The fourth-order valence-corrected chi connectivity index (χ4v) is 3.96. The number of likely N-dealkylation sites (tertiary alicyclic amines) is 1. The first kappa shape index (κ1) is 16.9. The summed E-state index contributed by atoms with van der Waals surface area (Å²) in [4.78, 5) is 2.57. The summed E-state index contributed by atoms with van der Waals surface area (Å²) >= 11 is 0. The Labute approximate surface area is 154 Å². The summed E-state index contributed by atoms with van der Waals surface area (Å²) in [5, 5.41) is 10.1. The smallest absolute Gasteiger partial charge is 0.134 e. The van der Waals surface area contributed by atoms with Crippen molar-refractivity contribution in [2.45, 2.75) is 38.6 Å². The van der Waals surface area contributed by atoms with Crippen LogP contribution in [0.25, 0.3) is 22.1 Å². The second-order valence-corrected chi connectivity index (χ2v) is 7.81. The second kappa shape index (κ2) is 6.63.